The fraction of sp³-hybridized carbons (Fsp3) is 0.600. The second-order valence-electron chi connectivity index (χ2n) is 5.94. The summed E-state index contributed by atoms with van der Waals surface area (Å²) in [5, 5.41) is 0.474. The molecule has 110 valence electrons. The highest BCUT2D eigenvalue weighted by Gasteiger charge is 2.40. The average Bonchev–Trinajstić information content (AvgIpc) is 2.32. The van der Waals surface area contributed by atoms with Crippen molar-refractivity contribution >= 4 is 17.5 Å². The van der Waals surface area contributed by atoms with Crippen molar-refractivity contribution < 1.29 is 4.79 Å². The quantitative estimate of drug-likeness (QED) is 0.857. The average molecular weight is 296 g/mol. The fourth-order valence-corrected chi connectivity index (χ4v) is 3.02. The van der Waals surface area contributed by atoms with E-state index in [0.29, 0.717) is 10.6 Å². The number of amides is 1. The number of aryl methyl sites for hydroxylation is 1. The van der Waals surface area contributed by atoms with Gasteiger partial charge in [-0.05, 0) is 46.3 Å². The van der Waals surface area contributed by atoms with E-state index in [0.717, 1.165) is 25.1 Å². The van der Waals surface area contributed by atoms with E-state index in [2.05, 4.69) is 24.0 Å². The molecule has 1 amide bonds. The lowest BCUT2D eigenvalue weighted by Gasteiger charge is -2.49. The minimum atomic E-state index is -0.0596. The van der Waals surface area contributed by atoms with Gasteiger partial charge in [-0.3, -0.25) is 9.78 Å². The second-order valence-corrected chi connectivity index (χ2v) is 6.35. The third kappa shape index (κ3) is 2.81. The van der Waals surface area contributed by atoms with Crippen molar-refractivity contribution in [2.45, 2.75) is 31.7 Å². The number of carbonyl (C=O) groups excluding carboxylic acids is 1. The first-order valence-electron chi connectivity index (χ1n) is 6.91. The summed E-state index contributed by atoms with van der Waals surface area (Å²) in [7, 11) is 6.00. The van der Waals surface area contributed by atoms with Crippen LogP contribution in [-0.2, 0) is 0 Å². The Kier molecular flexibility index (Phi) is 4.35. The molecule has 0 bridgehead atoms. The maximum absolute atomic E-state index is 12.5. The van der Waals surface area contributed by atoms with Crippen molar-refractivity contribution in [2.24, 2.45) is 0 Å². The van der Waals surface area contributed by atoms with Crippen LogP contribution in [0.4, 0.5) is 0 Å². The van der Waals surface area contributed by atoms with E-state index >= 15 is 0 Å². The van der Waals surface area contributed by atoms with E-state index in [4.69, 9.17) is 11.6 Å². The molecular weight excluding hydrogens is 274 g/mol. The lowest BCUT2D eigenvalue weighted by Crippen LogP contribution is -2.57. The van der Waals surface area contributed by atoms with E-state index in [1.54, 1.807) is 17.2 Å². The molecule has 1 aromatic rings. The normalized spacial score (nSPS) is 16.9. The number of carbonyl (C=O) groups is 1. The van der Waals surface area contributed by atoms with Crippen LogP contribution in [0.3, 0.4) is 0 Å². The van der Waals surface area contributed by atoms with Crippen LogP contribution in [0.25, 0.3) is 0 Å². The third-order valence-electron chi connectivity index (χ3n) is 4.33. The molecule has 0 spiro atoms. The lowest BCUT2D eigenvalue weighted by molar-refractivity contribution is 0.0252. The predicted octanol–water partition coefficient (Wildman–Crippen LogP) is 2.60. The molecule has 1 heterocycles. The smallest absolute Gasteiger partial charge is 0.256 e. The van der Waals surface area contributed by atoms with E-state index in [-0.39, 0.29) is 11.4 Å². The molecule has 0 N–H and O–H groups in total. The minimum Gasteiger partial charge on any atom is -0.340 e. The maximum atomic E-state index is 12.5. The van der Waals surface area contributed by atoms with Crippen LogP contribution in [0, 0.1) is 6.92 Å². The Hall–Kier alpha value is -1.13. The van der Waals surface area contributed by atoms with Gasteiger partial charge in [-0.25, -0.2) is 0 Å². The van der Waals surface area contributed by atoms with Crippen molar-refractivity contribution in [3.63, 3.8) is 0 Å². The Bertz CT molecular complexity index is 512. The number of nitrogens with zero attached hydrogens (tertiary/aromatic N) is 3. The summed E-state index contributed by atoms with van der Waals surface area (Å²) in [5.41, 5.74) is 1.42. The Labute approximate surface area is 125 Å². The molecule has 1 aliphatic carbocycles. The number of halogens is 1. The van der Waals surface area contributed by atoms with Crippen LogP contribution < -0.4 is 0 Å². The first-order chi connectivity index (χ1) is 9.35. The summed E-state index contributed by atoms with van der Waals surface area (Å²) in [5.74, 6) is -0.0596. The molecule has 0 unspecified atom stereocenters. The van der Waals surface area contributed by atoms with Gasteiger partial charge in [-0.1, -0.05) is 11.6 Å². The molecule has 0 saturated heterocycles. The molecule has 20 heavy (non-hydrogen) atoms. The first-order valence-corrected chi connectivity index (χ1v) is 7.28. The minimum absolute atomic E-state index is 0.0596. The zero-order valence-corrected chi connectivity index (χ0v) is 13.4. The molecule has 1 saturated carbocycles. The van der Waals surface area contributed by atoms with Crippen molar-refractivity contribution in [1.82, 2.24) is 14.8 Å². The number of likely N-dealkylation sites (N-methyl/N-ethyl adjacent to an activating group) is 2. The molecule has 1 aliphatic rings. The number of pyridine rings is 1. The zero-order valence-electron chi connectivity index (χ0n) is 12.6. The van der Waals surface area contributed by atoms with Crippen molar-refractivity contribution in [1.29, 1.82) is 0 Å². The monoisotopic (exact) mass is 295 g/mol. The van der Waals surface area contributed by atoms with Gasteiger partial charge in [0.2, 0.25) is 0 Å². The van der Waals surface area contributed by atoms with Crippen molar-refractivity contribution in [2.75, 3.05) is 27.7 Å². The van der Waals surface area contributed by atoms with Crippen LogP contribution in [0.15, 0.2) is 12.3 Å². The Morgan fingerprint density at radius 3 is 2.50 bits per heavy atom. The maximum Gasteiger partial charge on any atom is 0.256 e. The Morgan fingerprint density at radius 1 is 1.40 bits per heavy atom. The molecule has 0 radical (unpaired) electrons. The first kappa shape index (κ1) is 15.3. The molecule has 0 atom stereocenters. The largest absolute Gasteiger partial charge is 0.340 e. The van der Waals surface area contributed by atoms with Gasteiger partial charge in [0.25, 0.3) is 5.91 Å². The van der Waals surface area contributed by atoms with Gasteiger partial charge < -0.3 is 9.80 Å². The van der Waals surface area contributed by atoms with E-state index < -0.39 is 0 Å². The number of hydrogen-bond donors (Lipinski definition) is 0. The summed E-state index contributed by atoms with van der Waals surface area (Å²) in [4.78, 5) is 20.7. The van der Waals surface area contributed by atoms with Gasteiger partial charge in [-0.15, -0.1) is 0 Å². The molecule has 4 nitrogen and oxygen atoms in total. The number of aromatic nitrogens is 1. The molecule has 0 aromatic carbocycles. The van der Waals surface area contributed by atoms with Crippen LogP contribution in [0.5, 0.6) is 0 Å². The Balaban J connectivity index is 2.12. The molecule has 2 rings (SSSR count). The van der Waals surface area contributed by atoms with E-state index in [9.17, 15) is 4.79 Å². The van der Waals surface area contributed by atoms with Gasteiger partial charge in [0.05, 0.1) is 10.6 Å². The molecule has 1 aromatic heterocycles. The van der Waals surface area contributed by atoms with E-state index in [1.165, 1.54) is 6.42 Å². The molecule has 1 fully saturated rings. The fourth-order valence-electron chi connectivity index (χ4n) is 2.73. The predicted molar refractivity (Wildman–Crippen MR) is 81.2 cm³/mol. The van der Waals surface area contributed by atoms with Crippen LogP contribution in [-0.4, -0.2) is 53.9 Å². The molecular formula is C15H22ClN3O. The third-order valence-corrected chi connectivity index (χ3v) is 4.64. The highest BCUT2D eigenvalue weighted by Crippen LogP contribution is 2.37. The second kappa shape index (κ2) is 5.70. The standard InChI is InChI=1S/C15H22ClN3O/c1-11-8-13(16)12(9-17-11)14(20)19(4)10-15(18(2)3)6-5-7-15/h8-9H,5-7,10H2,1-4H3. The lowest BCUT2D eigenvalue weighted by atomic mass is 9.75. The van der Waals surface area contributed by atoms with Gasteiger partial charge in [0, 0.05) is 31.0 Å². The summed E-state index contributed by atoms with van der Waals surface area (Å²) >= 11 is 6.15. The van der Waals surface area contributed by atoms with E-state index in [1.807, 2.05) is 14.0 Å². The highest BCUT2D eigenvalue weighted by molar-refractivity contribution is 6.33. The van der Waals surface area contributed by atoms with Gasteiger partial charge >= 0.3 is 0 Å². The van der Waals surface area contributed by atoms with Crippen molar-refractivity contribution in [3.8, 4) is 0 Å². The number of hydrogen-bond acceptors (Lipinski definition) is 3. The Morgan fingerprint density at radius 2 is 2.05 bits per heavy atom. The van der Waals surface area contributed by atoms with Crippen LogP contribution in [0.2, 0.25) is 5.02 Å². The van der Waals surface area contributed by atoms with Gasteiger partial charge in [-0.2, -0.15) is 0 Å². The van der Waals surface area contributed by atoms with Crippen molar-refractivity contribution in [3.05, 3.63) is 28.5 Å². The summed E-state index contributed by atoms with van der Waals surface area (Å²) in [6, 6.07) is 1.73. The topological polar surface area (TPSA) is 36.4 Å². The van der Waals surface area contributed by atoms with Crippen LogP contribution in [0.1, 0.15) is 35.3 Å². The summed E-state index contributed by atoms with van der Waals surface area (Å²) < 4.78 is 0. The molecule has 0 aliphatic heterocycles. The van der Waals surface area contributed by atoms with Gasteiger partial charge in [0.15, 0.2) is 0 Å². The zero-order chi connectivity index (χ0) is 14.9. The van der Waals surface area contributed by atoms with Gasteiger partial charge in [0.1, 0.15) is 0 Å². The SMILES string of the molecule is Cc1cc(Cl)c(C(=O)N(C)CC2(N(C)C)CCC2)cn1. The number of rotatable bonds is 4. The summed E-state index contributed by atoms with van der Waals surface area (Å²) in [6.07, 6.45) is 5.07. The molecule has 5 heteroatoms. The highest BCUT2D eigenvalue weighted by atomic mass is 35.5. The van der Waals surface area contributed by atoms with Crippen LogP contribution >= 0.6 is 11.6 Å². The summed E-state index contributed by atoms with van der Waals surface area (Å²) in [6.45, 7) is 2.59.